The van der Waals surface area contributed by atoms with Crippen molar-refractivity contribution in [3.05, 3.63) is 218 Å². The molecule has 2 heterocycles. The van der Waals surface area contributed by atoms with Gasteiger partial charge in [0.05, 0.1) is 27.7 Å². The number of piperidine rings is 2. The zero-order chi connectivity index (χ0) is 41.6. The molecule has 0 spiro atoms. The molecule has 0 unspecified atom stereocenters. The topological polar surface area (TPSA) is 102 Å². The Morgan fingerprint density at radius 1 is 0.500 bits per heavy atom. The van der Waals surface area contributed by atoms with Gasteiger partial charge in [-0.3, -0.25) is 20.2 Å². The predicted molar refractivity (Wildman–Crippen MR) is 233 cm³/mol. The predicted octanol–water partition coefficient (Wildman–Crippen LogP) is 11.9. The highest BCUT2D eigenvalue weighted by molar-refractivity contribution is 5.85. The Kier molecular flexibility index (Phi) is 16.8. The Morgan fingerprint density at radius 2 is 0.867 bits per heavy atom. The third-order valence-corrected chi connectivity index (χ3v) is 11.1. The third kappa shape index (κ3) is 12.0. The highest BCUT2D eigenvalue weighted by Crippen LogP contribution is 2.40. The molecule has 2 aliphatic rings. The van der Waals surface area contributed by atoms with Gasteiger partial charge in [-0.1, -0.05) is 121 Å². The SMILES string of the molecule is Cl.O=[N+]([O-])c1ccc(F)c(F)c1.O=[N+]([O-])c1ccc(N2CCC(C(c3ccccc3)c3ccccc3)CC2)c(F)c1.c1ccc(C(c2ccccc2)C2CCNCC2)cc1. The van der Waals surface area contributed by atoms with Crippen molar-refractivity contribution in [3.8, 4) is 0 Å². The number of hydrogen-bond acceptors (Lipinski definition) is 6. The highest BCUT2D eigenvalue weighted by Gasteiger charge is 2.30. The maximum absolute atomic E-state index is 14.4. The Labute approximate surface area is 354 Å². The van der Waals surface area contributed by atoms with Gasteiger partial charge in [0.1, 0.15) is 0 Å². The minimum absolute atomic E-state index is 0. The Hall–Kier alpha value is -6.04. The van der Waals surface area contributed by atoms with Gasteiger partial charge in [0.25, 0.3) is 11.4 Å². The molecule has 0 saturated carbocycles. The summed E-state index contributed by atoms with van der Waals surface area (Å²) in [6, 6.07) is 49.1. The van der Waals surface area contributed by atoms with Crippen molar-refractivity contribution < 1.29 is 23.0 Å². The third-order valence-electron chi connectivity index (χ3n) is 11.1. The number of rotatable bonds is 9. The van der Waals surface area contributed by atoms with Gasteiger partial charge < -0.3 is 10.2 Å². The number of nitrogens with one attached hydrogen (secondary N) is 1. The van der Waals surface area contributed by atoms with Crippen molar-refractivity contribution in [2.75, 3.05) is 31.1 Å². The fourth-order valence-corrected chi connectivity index (χ4v) is 8.23. The summed E-state index contributed by atoms with van der Waals surface area (Å²) in [7, 11) is 0. The lowest BCUT2D eigenvalue weighted by atomic mass is 9.76. The number of anilines is 1. The van der Waals surface area contributed by atoms with E-state index in [1.165, 1.54) is 47.2 Å². The van der Waals surface area contributed by atoms with Crippen LogP contribution in [0.2, 0.25) is 0 Å². The molecule has 6 aromatic rings. The van der Waals surface area contributed by atoms with Crippen LogP contribution in [-0.2, 0) is 0 Å². The molecule has 2 saturated heterocycles. The number of halogens is 4. The van der Waals surface area contributed by atoms with Gasteiger partial charge >= 0.3 is 0 Å². The summed E-state index contributed by atoms with van der Waals surface area (Å²) in [4.78, 5) is 21.5. The summed E-state index contributed by atoms with van der Waals surface area (Å²) >= 11 is 0. The molecule has 0 amide bonds. The number of benzene rings is 6. The molecule has 0 atom stereocenters. The van der Waals surface area contributed by atoms with E-state index in [-0.39, 0.29) is 18.1 Å². The lowest BCUT2D eigenvalue weighted by molar-refractivity contribution is -0.385. The molecule has 1 N–H and O–H groups in total. The van der Waals surface area contributed by atoms with Crippen LogP contribution in [0.5, 0.6) is 0 Å². The second kappa shape index (κ2) is 22.4. The monoisotopic (exact) mass is 836 g/mol. The summed E-state index contributed by atoms with van der Waals surface area (Å²) in [5.41, 5.74) is 5.31. The van der Waals surface area contributed by atoms with Crippen LogP contribution in [0.15, 0.2) is 158 Å². The van der Waals surface area contributed by atoms with Crippen molar-refractivity contribution in [1.82, 2.24) is 5.32 Å². The first kappa shape index (κ1) is 45.1. The number of non-ortho nitro benzene ring substituents is 2. The van der Waals surface area contributed by atoms with Crippen molar-refractivity contribution in [2.45, 2.75) is 37.5 Å². The molecule has 2 aliphatic heterocycles. The lowest BCUT2D eigenvalue weighted by Crippen LogP contribution is -2.36. The first-order valence-corrected chi connectivity index (χ1v) is 19.9. The van der Waals surface area contributed by atoms with Crippen LogP contribution < -0.4 is 10.2 Å². The molecule has 8 nitrogen and oxygen atoms in total. The Morgan fingerprint density at radius 3 is 1.23 bits per heavy atom. The molecule has 0 aromatic heterocycles. The Bertz CT molecular complexity index is 2170. The average Bonchev–Trinajstić information content (AvgIpc) is 3.27. The van der Waals surface area contributed by atoms with Gasteiger partial charge in [0.2, 0.25) is 0 Å². The largest absolute Gasteiger partial charge is 0.369 e. The van der Waals surface area contributed by atoms with Crippen LogP contribution in [0.4, 0.5) is 30.2 Å². The van der Waals surface area contributed by atoms with Crippen LogP contribution in [-0.4, -0.2) is 36.0 Å². The van der Waals surface area contributed by atoms with E-state index in [1.807, 2.05) is 17.0 Å². The van der Waals surface area contributed by atoms with E-state index in [0.29, 0.717) is 35.6 Å². The molecule has 8 rings (SSSR count). The molecule has 0 radical (unpaired) electrons. The molecule has 0 aliphatic carbocycles. The molecule has 312 valence electrons. The fraction of sp³-hybridized carbons (Fsp3) is 0.250. The van der Waals surface area contributed by atoms with E-state index in [2.05, 4.69) is 115 Å². The lowest BCUT2D eigenvalue weighted by Gasteiger charge is -2.38. The van der Waals surface area contributed by atoms with Crippen molar-refractivity contribution in [1.29, 1.82) is 0 Å². The second-order valence-electron chi connectivity index (χ2n) is 14.8. The highest BCUT2D eigenvalue weighted by atomic mass is 35.5. The maximum atomic E-state index is 14.4. The zero-order valence-corrected chi connectivity index (χ0v) is 33.8. The van der Waals surface area contributed by atoms with E-state index in [4.69, 9.17) is 0 Å². The van der Waals surface area contributed by atoms with Gasteiger partial charge in [-0.2, -0.15) is 0 Å². The van der Waals surface area contributed by atoms with Crippen LogP contribution in [0.25, 0.3) is 0 Å². The van der Waals surface area contributed by atoms with Gasteiger partial charge in [0, 0.05) is 37.1 Å². The molecular formula is C48H48ClF3N4O4. The van der Waals surface area contributed by atoms with Crippen LogP contribution in [0.1, 0.15) is 59.8 Å². The fourth-order valence-electron chi connectivity index (χ4n) is 8.23. The average molecular weight is 837 g/mol. The number of nitro groups is 2. The van der Waals surface area contributed by atoms with E-state index < -0.39 is 33.0 Å². The first-order valence-electron chi connectivity index (χ1n) is 19.9. The molecule has 60 heavy (non-hydrogen) atoms. The van der Waals surface area contributed by atoms with Gasteiger partial charge in [-0.15, -0.1) is 12.4 Å². The molecule has 12 heteroatoms. The van der Waals surface area contributed by atoms with E-state index in [9.17, 15) is 33.4 Å². The second-order valence-corrected chi connectivity index (χ2v) is 14.8. The van der Waals surface area contributed by atoms with E-state index in [1.54, 1.807) is 0 Å². The van der Waals surface area contributed by atoms with Crippen LogP contribution in [0.3, 0.4) is 0 Å². The summed E-state index contributed by atoms with van der Waals surface area (Å²) in [6.07, 6.45) is 4.42. The smallest absolute Gasteiger partial charge is 0.272 e. The normalized spacial score (nSPS) is 14.2. The quantitative estimate of drug-likeness (QED) is 0.115. The van der Waals surface area contributed by atoms with Gasteiger partial charge in [0.15, 0.2) is 17.5 Å². The van der Waals surface area contributed by atoms with Gasteiger partial charge in [-0.05, 0) is 85.0 Å². The molecular weight excluding hydrogens is 789 g/mol. The van der Waals surface area contributed by atoms with E-state index in [0.717, 1.165) is 57.1 Å². The minimum atomic E-state index is -1.21. The summed E-state index contributed by atoms with van der Waals surface area (Å²) in [6.45, 7) is 3.77. The number of hydrogen-bond donors (Lipinski definition) is 1. The summed E-state index contributed by atoms with van der Waals surface area (Å²) < 4.78 is 38.9. The van der Waals surface area contributed by atoms with Crippen molar-refractivity contribution in [2.24, 2.45) is 11.8 Å². The van der Waals surface area contributed by atoms with Crippen molar-refractivity contribution >= 4 is 29.5 Å². The molecule has 6 aromatic carbocycles. The minimum Gasteiger partial charge on any atom is -0.369 e. The molecule has 0 bridgehead atoms. The van der Waals surface area contributed by atoms with Crippen LogP contribution in [0, 0.1) is 49.5 Å². The number of nitrogens with zero attached hydrogens (tertiary/aromatic N) is 3. The molecule has 2 fully saturated rings. The number of nitro benzene ring substituents is 2. The van der Waals surface area contributed by atoms with Crippen LogP contribution >= 0.6 is 12.4 Å². The van der Waals surface area contributed by atoms with E-state index >= 15 is 0 Å². The standard InChI is InChI=1S/C24H23FN2O2.C18H21N.C6H3F2NO2.ClH/c25-22-17-21(27(28)29)11-12-23(22)26-15-13-20(14-16-26)24(18-7-3-1-4-8-18)19-9-5-2-6-10-19;1-3-7-15(8-4-1)18(16-9-5-2-6-10-16)17-11-13-19-14-12-17;7-5-2-1-4(9(10)11)3-6(5)8;/h1-12,17,20,24H,13-16H2;1-10,17-19H,11-14H2;1-3H;1H. The summed E-state index contributed by atoms with van der Waals surface area (Å²) in [5, 5.41) is 24.3. The van der Waals surface area contributed by atoms with Crippen molar-refractivity contribution in [3.63, 3.8) is 0 Å². The Balaban J connectivity index is 0.000000189. The summed E-state index contributed by atoms with van der Waals surface area (Å²) in [5.74, 6) is -0.760. The zero-order valence-electron chi connectivity index (χ0n) is 33.0. The first-order chi connectivity index (χ1) is 28.7. The maximum Gasteiger partial charge on any atom is 0.272 e. The van der Waals surface area contributed by atoms with Gasteiger partial charge in [-0.25, -0.2) is 13.2 Å².